The van der Waals surface area contributed by atoms with Crippen molar-refractivity contribution in [3.63, 3.8) is 0 Å². The van der Waals surface area contributed by atoms with E-state index in [-0.39, 0.29) is 24.2 Å². The highest BCUT2D eigenvalue weighted by Gasteiger charge is 2.34. The van der Waals surface area contributed by atoms with E-state index in [0.717, 1.165) is 32.2 Å². The molecule has 2 amide bonds. The molecule has 2 aromatic rings. The lowest BCUT2D eigenvalue weighted by atomic mass is 10.1. The highest BCUT2D eigenvalue weighted by molar-refractivity contribution is 7.90. The summed E-state index contributed by atoms with van der Waals surface area (Å²) in [7, 11) is -1.60. The molecule has 0 unspecified atom stereocenters. The van der Waals surface area contributed by atoms with Gasteiger partial charge in [-0.1, -0.05) is 55.8 Å². The Hall–Kier alpha value is -2.98. The zero-order valence-electron chi connectivity index (χ0n) is 21.9. The lowest BCUT2D eigenvalue weighted by molar-refractivity contribution is -0.140. The first-order valence-corrected chi connectivity index (χ1v) is 13.4. The van der Waals surface area contributed by atoms with E-state index in [2.05, 4.69) is 5.32 Å². The van der Waals surface area contributed by atoms with Crippen LogP contribution in [0.25, 0.3) is 0 Å². The van der Waals surface area contributed by atoms with Gasteiger partial charge in [-0.2, -0.15) is 12.7 Å². The molecule has 8 nitrogen and oxygen atoms in total. The molecule has 0 fully saturated rings. The topological polar surface area (TPSA) is 90.0 Å². The van der Waals surface area contributed by atoms with Crippen LogP contribution in [-0.2, 0) is 26.3 Å². The van der Waals surface area contributed by atoms with Crippen molar-refractivity contribution in [2.45, 2.75) is 59.2 Å². The molecule has 0 aliphatic carbocycles. The minimum absolute atomic E-state index is 0.0908. The largest absolute Gasteiger partial charge is 0.352 e. The molecule has 2 rings (SSSR count). The third-order valence-electron chi connectivity index (χ3n) is 6.00. The normalized spacial score (nSPS) is 13.2. The number of halogens is 1. The van der Waals surface area contributed by atoms with Gasteiger partial charge in [-0.25, -0.2) is 8.70 Å². The molecule has 0 aliphatic heterocycles. The monoisotopic (exact) mass is 520 g/mol. The van der Waals surface area contributed by atoms with Crippen LogP contribution in [0.3, 0.4) is 0 Å². The van der Waals surface area contributed by atoms with Gasteiger partial charge in [0.1, 0.15) is 18.4 Å². The molecule has 10 heteroatoms. The van der Waals surface area contributed by atoms with Crippen molar-refractivity contribution < 1.29 is 22.4 Å². The zero-order chi connectivity index (χ0) is 27.0. The summed E-state index contributed by atoms with van der Waals surface area (Å²) in [6.45, 7) is 6.99. The van der Waals surface area contributed by atoms with Crippen molar-refractivity contribution in [1.82, 2.24) is 14.5 Å². The lowest BCUT2D eigenvalue weighted by Gasteiger charge is -2.34. The summed E-state index contributed by atoms with van der Waals surface area (Å²) in [5.41, 5.74) is 1.59. The summed E-state index contributed by atoms with van der Waals surface area (Å²) in [5, 5.41) is 2.92. The van der Waals surface area contributed by atoms with Gasteiger partial charge in [-0.3, -0.25) is 9.59 Å². The van der Waals surface area contributed by atoms with Crippen LogP contribution in [0.4, 0.5) is 10.1 Å². The van der Waals surface area contributed by atoms with Gasteiger partial charge >= 0.3 is 10.2 Å². The number of nitrogens with zero attached hydrogens (tertiary/aromatic N) is 3. The Morgan fingerprint density at radius 2 is 1.61 bits per heavy atom. The smallest absolute Gasteiger partial charge is 0.304 e. The zero-order valence-corrected chi connectivity index (χ0v) is 22.7. The van der Waals surface area contributed by atoms with E-state index in [1.54, 1.807) is 6.92 Å². The lowest BCUT2D eigenvalue weighted by Crippen LogP contribution is -2.54. The molecule has 0 spiro atoms. The molecule has 2 aromatic carbocycles. The first-order chi connectivity index (χ1) is 16.9. The first-order valence-electron chi connectivity index (χ1n) is 12.0. The number of para-hydroxylation sites is 1. The molecule has 0 saturated heterocycles. The minimum atomic E-state index is -4.22. The second kappa shape index (κ2) is 12.8. The van der Waals surface area contributed by atoms with Gasteiger partial charge in [0.2, 0.25) is 11.8 Å². The van der Waals surface area contributed by atoms with Crippen LogP contribution in [0, 0.1) is 12.7 Å². The predicted octanol–water partition coefficient (Wildman–Crippen LogP) is 3.47. The summed E-state index contributed by atoms with van der Waals surface area (Å²) in [6.07, 6.45) is 1.04. The number of aryl methyl sites for hydroxylation is 1. The van der Waals surface area contributed by atoms with Gasteiger partial charge in [-0.15, -0.1) is 0 Å². The highest BCUT2D eigenvalue weighted by atomic mass is 32.2. The van der Waals surface area contributed by atoms with Gasteiger partial charge in [0, 0.05) is 26.7 Å². The second-order valence-corrected chi connectivity index (χ2v) is 11.1. The van der Waals surface area contributed by atoms with Crippen molar-refractivity contribution in [3.8, 4) is 0 Å². The maximum atomic E-state index is 14.7. The molecule has 0 bridgehead atoms. The van der Waals surface area contributed by atoms with Crippen LogP contribution in [0.5, 0.6) is 0 Å². The van der Waals surface area contributed by atoms with Crippen LogP contribution >= 0.6 is 0 Å². The Bertz CT molecular complexity index is 1140. The molecule has 0 radical (unpaired) electrons. The Balaban J connectivity index is 2.51. The van der Waals surface area contributed by atoms with E-state index in [9.17, 15) is 22.4 Å². The molecular weight excluding hydrogens is 483 g/mol. The standard InChI is InChI=1S/C26H37FN4O4S/c1-7-20(4)28-26(33)23(8-2)30(17-21-15-13-19(3)14-16-21)25(32)18-31(36(34,35)29(5)6)24-12-10-9-11-22(24)27/h9-16,20,23H,7-8,17-18H2,1-6H3,(H,28,33)/t20-,23-/m1/s1. The average Bonchev–Trinajstić information content (AvgIpc) is 2.83. The number of anilines is 1. The Labute approximate surface area is 214 Å². The van der Waals surface area contributed by atoms with Crippen LogP contribution in [-0.4, -0.2) is 62.2 Å². The fourth-order valence-corrected chi connectivity index (χ4v) is 4.67. The van der Waals surface area contributed by atoms with Crippen molar-refractivity contribution in [2.24, 2.45) is 0 Å². The van der Waals surface area contributed by atoms with E-state index >= 15 is 0 Å². The summed E-state index contributed by atoms with van der Waals surface area (Å²) in [4.78, 5) is 28.3. The van der Waals surface area contributed by atoms with Crippen molar-refractivity contribution in [3.05, 3.63) is 65.5 Å². The van der Waals surface area contributed by atoms with Crippen LogP contribution < -0.4 is 9.62 Å². The van der Waals surface area contributed by atoms with Crippen LogP contribution in [0.2, 0.25) is 0 Å². The first kappa shape index (κ1) is 29.3. The molecule has 1 N–H and O–H groups in total. The molecule has 0 saturated carbocycles. The summed E-state index contributed by atoms with van der Waals surface area (Å²) >= 11 is 0. The third-order valence-corrected chi connectivity index (χ3v) is 7.81. The summed E-state index contributed by atoms with van der Waals surface area (Å²) in [6, 6.07) is 12.0. The summed E-state index contributed by atoms with van der Waals surface area (Å²) in [5.74, 6) is -1.71. The van der Waals surface area contributed by atoms with E-state index in [0.29, 0.717) is 6.42 Å². The Kier molecular flexibility index (Phi) is 10.4. The van der Waals surface area contributed by atoms with E-state index in [4.69, 9.17) is 0 Å². The Morgan fingerprint density at radius 1 is 1.00 bits per heavy atom. The minimum Gasteiger partial charge on any atom is -0.352 e. The van der Waals surface area contributed by atoms with Crippen LogP contribution in [0.15, 0.2) is 48.5 Å². The number of hydrogen-bond donors (Lipinski definition) is 1. The third kappa shape index (κ3) is 7.27. The number of nitrogens with one attached hydrogen (secondary N) is 1. The Morgan fingerprint density at radius 3 is 2.14 bits per heavy atom. The van der Waals surface area contributed by atoms with Gasteiger partial charge in [0.05, 0.1) is 5.69 Å². The molecule has 0 aliphatic rings. The van der Waals surface area contributed by atoms with Gasteiger partial charge < -0.3 is 10.2 Å². The van der Waals surface area contributed by atoms with Gasteiger partial charge in [-0.05, 0) is 44.4 Å². The predicted molar refractivity (Wildman–Crippen MR) is 140 cm³/mol. The number of rotatable bonds is 12. The van der Waals surface area contributed by atoms with Crippen LogP contribution in [0.1, 0.15) is 44.7 Å². The van der Waals surface area contributed by atoms with Gasteiger partial charge in [0.15, 0.2) is 0 Å². The maximum absolute atomic E-state index is 14.7. The molecule has 2 atom stereocenters. The highest BCUT2D eigenvalue weighted by Crippen LogP contribution is 2.24. The number of hydrogen-bond acceptors (Lipinski definition) is 4. The van der Waals surface area contributed by atoms with Crippen molar-refractivity contribution in [2.75, 3.05) is 24.9 Å². The fourth-order valence-electron chi connectivity index (χ4n) is 3.61. The molecule has 198 valence electrons. The van der Waals surface area contributed by atoms with Crippen molar-refractivity contribution >= 4 is 27.7 Å². The number of benzene rings is 2. The van der Waals surface area contributed by atoms with E-state index < -0.39 is 34.5 Å². The number of carbonyl (C=O) groups is 2. The number of carbonyl (C=O) groups excluding carboxylic acids is 2. The van der Waals surface area contributed by atoms with Crippen molar-refractivity contribution in [1.29, 1.82) is 0 Å². The SMILES string of the molecule is CC[C@@H](C)NC(=O)[C@@H](CC)N(Cc1ccc(C)cc1)C(=O)CN(c1ccccc1F)S(=O)(=O)N(C)C. The van der Waals surface area contributed by atoms with E-state index in [1.807, 2.05) is 45.0 Å². The molecule has 36 heavy (non-hydrogen) atoms. The fraction of sp³-hybridized carbons (Fsp3) is 0.462. The maximum Gasteiger partial charge on any atom is 0.304 e. The van der Waals surface area contributed by atoms with Gasteiger partial charge in [0.25, 0.3) is 0 Å². The quantitative estimate of drug-likeness (QED) is 0.464. The average molecular weight is 521 g/mol. The summed E-state index contributed by atoms with van der Waals surface area (Å²) < 4.78 is 42.6. The number of amides is 2. The molecule has 0 heterocycles. The van der Waals surface area contributed by atoms with E-state index in [1.165, 1.54) is 37.2 Å². The second-order valence-electron chi connectivity index (χ2n) is 9.00. The molecule has 0 aromatic heterocycles. The molecular formula is C26H37FN4O4S.